The van der Waals surface area contributed by atoms with Crippen molar-refractivity contribution in [2.75, 3.05) is 0 Å². The second-order valence-electron chi connectivity index (χ2n) is 2.20. The molecule has 0 fully saturated rings. The standard InChI is InChI=1S/C7H5F3NO/c8-7(9,10)6(12)5-1-3-11-4-2-5/h1-4,6H. The van der Waals surface area contributed by atoms with E-state index >= 15 is 0 Å². The van der Waals surface area contributed by atoms with Crippen molar-refractivity contribution in [3.05, 3.63) is 30.1 Å². The van der Waals surface area contributed by atoms with Crippen LogP contribution in [-0.2, 0) is 5.11 Å². The number of nitrogens with zero attached hydrogens (tertiary/aromatic N) is 1. The van der Waals surface area contributed by atoms with E-state index in [1.165, 1.54) is 0 Å². The molecule has 0 bridgehead atoms. The fraction of sp³-hybridized carbons (Fsp3) is 0.286. The first-order chi connectivity index (χ1) is 5.52. The van der Waals surface area contributed by atoms with E-state index in [1.54, 1.807) is 0 Å². The minimum atomic E-state index is -4.72. The highest BCUT2D eigenvalue weighted by Gasteiger charge is 2.40. The Morgan fingerprint density at radius 1 is 1.25 bits per heavy atom. The number of alkyl halides is 3. The molecule has 1 aromatic heterocycles. The first-order valence-corrected chi connectivity index (χ1v) is 3.14. The van der Waals surface area contributed by atoms with Gasteiger partial charge in [0.05, 0.1) is 0 Å². The quantitative estimate of drug-likeness (QED) is 0.645. The van der Waals surface area contributed by atoms with E-state index in [9.17, 15) is 18.3 Å². The van der Waals surface area contributed by atoms with Crippen molar-refractivity contribution in [1.82, 2.24) is 4.98 Å². The van der Waals surface area contributed by atoms with Gasteiger partial charge in [-0.05, 0) is 17.7 Å². The lowest BCUT2D eigenvalue weighted by atomic mass is 10.1. The Labute approximate surface area is 66.7 Å². The van der Waals surface area contributed by atoms with Crippen molar-refractivity contribution in [2.24, 2.45) is 0 Å². The van der Waals surface area contributed by atoms with Crippen LogP contribution in [0, 0.1) is 0 Å². The first kappa shape index (κ1) is 8.99. The number of halogens is 3. The number of hydrogen-bond acceptors (Lipinski definition) is 1. The van der Waals surface area contributed by atoms with Gasteiger partial charge in [-0.15, -0.1) is 0 Å². The smallest absolute Gasteiger partial charge is 0.265 e. The second-order valence-corrected chi connectivity index (χ2v) is 2.20. The van der Waals surface area contributed by atoms with Crippen molar-refractivity contribution in [3.63, 3.8) is 0 Å². The van der Waals surface area contributed by atoms with E-state index in [-0.39, 0.29) is 5.56 Å². The average molecular weight is 176 g/mol. The predicted molar refractivity (Wildman–Crippen MR) is 33.7 cm³/mol. The minimum Gasteiger partial charge on any atom is -0.265 e. The van der Waals surface area contributed by atoms with Gasteiger partial charge >= 0.3 is 6.18 Å². The van der Waals surface area contributed by atoms with E-state index in [0.717, 1.165) is 24.5 Å². The molecule has 65 valence electrons. The third-order valence-electron chi connectivity index (χ3n) is 1.31. The summed E-state index contributed by atoms with van der Waals surface area (Å²) in [6, 6.07) is 2.12. The summed E-state index contributed by atoms with van der Waals surface area (Å²) in [7, 11) is 0. The molecule has 1 heterocycles. The largest absolute Gasteiger partial charge is 0.422 e. The van der Waals surface area contributed by atoms with Crippen LogP contribution in [0.4, 0.5) is 13.2 Å². The number of hydrogen-bond donors (Lipinski definition) is 0. The monoisotopic (exact) mass is 176 g/mol. The van der Waals surface area contributed by atoms with Crippen LogP contribution in [0.5, 0.6) is 0 Å². The lowest BCUT2D eigenvalue weighted by molar-refractivity contribution is -0.225. The number of rotatable bonds is 1. The molecule has 5 heteroatoms. The van der Waals surface area contributed by atoms with Crippen LogP contribution in [0.2, 0.25) is 0 Å². The summed E-state index contributed by atoms with van der Waals surface area (Å²) in [6.07, 6.45) is -5.07. The average Bonchev–Trinajstić information content (AvgIpc) is 2.03. The Bertz CT molecular complexity index is 247. The van der Waals surface area contributed by atoms with Gasteiger partial charge in [0.2, 0.25) is 6.10 Å². The molecule has 1 unspecified atom stereocenters. The van der Waals surface area contributed by atoms with Gasteiger partial charge in [-0.1, -0.05) is 0 Å². The van der Waals surface area contributed by atoms with Gasteiger partial charge in [0.25, 0.3) is 0 Å². The van der Waals surface area contributed by atoms with E-state index in [0.29, 0.717) is 0 Å². The van der Waals surface area contributed by atoms with Crippen molar-refractivity contribution in [3.8, 4) is 0 Å². The van der Waals surface area contributed by atoms with Crippen molar-refractivity contribution < 1.29 is 18.3 Å². The third kappa shape index (κ3) is 1.94. The SMILES string of the molecule is [O]C(c1ccncc1)C(F)(F)F. The molecule has 0 aromatic carbocycles. The summed E-state index contributed by atoms with van der Waals surface area (Å²) < 4.78 is 35.4. The fourth-order valence-corrected chi connectivity index (χ4v) is 0.727. The van der Waals surface area contributed by atoms with Crippen molar-refractivity contribution in [1.29, 1.82) is 0 Å². The lowest BCUT2D eigenvalue weighted by Crippen LogP contribution is -2.18. The molecule has 1 rings (SSSR count). The minimum absolute atomic E-state index is 0.308. The zero-order valence-corrected chi connectivity index (χ0v) is 5.88. The Morgan fingerprint density at radius 3 is 2.17 bits per heavy atom. The molecule has 0 aliphatic heterocycles. The molecule has 1 radical (unpaired) electrons. The molecule has 0 saturated heterocycles. The van der Waals surface area contributed by atoms with Crippen molar-refractivity contribution >= 4 is 0 Å². The maximum Gasteiger partial charge on any atom is 0.422 e. The fourth-order valence-electron chi connectivity index (χ4n) is 0.727. The first-order valence-electron chi connectivity index (χ1n) is 3.14. The van der Waals surface area contributed by atoms with Crippen molar-refractivity contribution in [2.45, 2.75) is 12.3 Å². The van der Waals surface area contributed by atoms with Gasteiger partial charge < -0.3 is 0 Å². The summed E-state index contributed by atoms with van der Waals surface area (Å²) in [5, 5.41) is 10.6. The molecule has 1 aromatic rings. The molecular weight excluding hydrogens is 171 g/mol. The Balaban J connectivity index is 2.86. The molecule has 0 N–H and O–H groups in total. The van der Waals surface area contributed by atoms with Gasteiger partial charge in [-0.25, -0.2) is 5.11 Å². The number of aromatic nitrogens is 1. The highest BCUT2D eigenvalue weighted by molar-refractivity contribution is 5.14. The van der Waals surface area contributed by atoms with E-state index < -0.39 is 12.3 Å². The molecule has 2 nitrogen and oxygen atoms in total. The summed E-state index contributed by atoms with van der Waals surface area (Å²) in [4.78, 5) is 3.50. The normalized spacial score (nSPS) is 14.3. The highest BCUT2D eigenvalue weighted by Crippen LogP contribution is 2.32. The van der Waals surface area contributed by atoms with Crippen LogP contribution in [0.25, 0.3) is 0 Å². The van der Waals surface area contributed by atoms with E-state index in [2.05, 4.69) is 4.98 Å². The van der Waals surface area contributed by atoms with Gasteiger partial charge in [0.15, 0.2) is 0 Å². The van der Waals surface area contributed by atoms with Crippen LogP contribution >= 0.6 is 0 Å². The van der Waals surface area contributed by atoms with Crippen LogP contribution < -0.4 is 0 Å². The third-order valence-corrected chi connectivity index (χ3v) is 1.31. The molecule has 1 atom stereocenters. The Morgan fingerprint density at radius 2 is 1.75 bits per heavy atom. The summed E-state index contributed by atoms with van der Waals surface area (Å²) >= 11 is 0. The predicted octanol–water partition coefficient (Wildman–Crippen LogP) is 2.12. The number of pyridine rings is 1. The zero-order valence-electron chi connectivity index (χ0n) is 5.88. The summed E-state index contributed by atoms with van der Waals surface area (Å²) in [5.74, 6) is 0. The van der Waals surface area contributed by atoms with E-state index in [4.69, 9.17) is 0 Å². The highest BCUT2D eigenvalue weighted by atomic mass is 19.4. The van der Waals surface area contributed by atoms with E-state index in [1.807, 2.05) is 0 Å². The molecule has 12 heavy (non-hydrogen) atoms. The van der Waals surface area contributed by atoms with Gasteiger partial charge in [0.1, 0.15) is 0 Å². The Hall–Kier alpha value is -1.10. The molecule has 0 aliphatic carbocycles. The topological polar surface area (TPSA) is 32.8 Å². The Kier molecular flexibility index (Phi) is 2.32. The molecule has 0 spiro atoms. The van der Waals surface area contributed by atoms with Crippen LogP contribution in [0.15, 0.2) is 24.5 Å². The molecular formula is C7H5F3NO. The summed E-state index contributed by atoms with van der Waals surface area (Å²) in [5.41, 5.74) is -0.308. The zero-order chi connectivity index (χ0) is 9.19. The molecule has 0 aliphatic rings. The van der Waals surface area contributed by atoms with Crippen LogP contribution in [0.1, 0.15) is 11.7 Å². The molecule has 0 amide bonds. The maximum atomic E-state index is 11.8. The second kappa shape index (κ2) is 3.10. The maximum absolute atomic E-state index is 11.8. The van der Waals surface area contributed by atoms with Crippen LogP contribution in [0.3, 0.4) is 0 Å². The molecule has 0 saturated carbocycles. The van der Waals surface area contributed by atoms with Gasteiger partial charge in [-0.2, -0.15) is 13.2 Å². The summed E-state index contributed by atoms with van der Waals surface area (Å²) in [6.45, 7) is 0. The lowest BCUT2D eigenvalue weighted by Gasteiger charge is -2.11. The van der Waals surface area contributed by atoms with Gasteiger partial charge in [-0.3, -0.25) is 4.98 Å². The van der Waals surface area contributed by atoms with Crippen LogP contribution in [-0.4, -0.2) is 11.2 Å². The van der Waals surface area contributed by atoms with Gasteiger partial charge in [0, 0.05) is 12.4 Å².